The van der Waals surface area contributed by atoms with E-state index in [0.29, 0.717) is 24.8 Å². The van der Waals surface area contributed by atoms with Gasteiger partial charge in [-0.2, -0.15) is 26.3 Å². The third kappa shape index (κ3) is 20.2. The van der Waals surface area contributed by atoms with Crippen molar-refractivity contribution < 1.29 is 88.3 Å². The van der Waals surface area contributed by atoms with Crippen LogP contribution in [0.4, 0.5) is 30.7 Å². The van der Waals surface area contributed by atoms with Crippen molar-refractivity contribution in [1.29, 1.82) is 0 Å². The Morgan fingerprint density at radius 3 is 1.70 bits per heavy atom. The lowest BCUT2D eigenvalue weighted by atomic mass is 9.90. The zero-order valence-corrected chi connectivity index (χ0v) is 62.8. The highest BCUT2D eigenvalue weighted by Gasteiger charge is 2.51. The van der Waals surface area contributed by atoms with Crippen molar-refractivity contribution >= 4 is 82.5 Å². The van der Waals surface area contributed by atoms with Crippen molar-refractivity contribution in [2.24, 2.45) is 11.8 Å². The lowest BCUT2D eigenvalue weighted by Crippen LogP contribution is -2.65. The molecule has 3 aromatic carbocycles. The summed E-state index contributed by atoms with van der Waals surface area (Å²) in [6, 6.07) is -1.64. The molecule has 32 heteroatoms. The summed E-state index contributed by atoms with van der Waals surface area (Å²) in [6.07, 6.45) is -10.4. The number of hydrogen-bond donors (Lipinski definition) is 3. The van der Waals surface area contributed by atoms with Crippen LogP contribution in [0.1, 0.15) is 127 Å². The number of likely N-dealkylation sites (N-methyl/N-ethyl adjacent to an activating group) is 8. The molecular formula is C73H98ClF7N12O12. The summed E-state index contributed by atoms with van der Waals surface area (Å²) in [6.45, 7) is 8.73. The molecule has 0 bridgehead atoms. The second kappa shape index (κ2) is 35.5. The van der Waals surface area contributed by atoms with Crippen molar-refractivity contribution in [2.75, 3.05) is 76.5 Å². The topological polar surface area (TPSA) is 270 Å². The van der Waals surface area contributed by atoms with Crippen molar-refractivity contribution in [3.05, 3.63) is 105 Å². The van der Waals surface area contributed by atoms with Gasteiger partial charge in [0, 0.05) is 82.8 Å². The van der Waals surface area contributed by atoms with Gasteiger partial charge in [0.15, 0.2) is 0 Å². The van der Waals surface area contributed by atoms with E-state index >= 15 is 24.0 Å². The fourth-order valence-electron chi connectivity index (χ4n) is 13.4. The fraction of sp³-hybridized carbons (Fsp3) is 0.589. The maximum absolute atomic E-state index is 15.6. The van der Waals surface area contributed by atoms with E-state index in [9.17, 15) is 64.3 Å². The van der Waals surface area contributed by atoms with Crippen LogP contribution in [0.3, 0.4) is 0 Å². The third-order valence-electron chi connectivity index (χ3n) is 21.0. The monoisotopic (exact) mass is 1500 g/mol. The van der Waals surface area contributed by atoms with E-state index in [-0.39, 0.29) is 56.2 Å². The summed E-state index contributed by atoms with van der Waals surface area (Å²) in [4.78, 5) is 188. The Balaban J connectivity index is 1.50. The summed E-state index contributed by atoms with van der Waals surface area (Å²) >= 11 is 6.14. The van der Waals surface area contributed by atoms with Crippen LogP contribution < -0.4 is 16.0 Å². The molecular weight excluding hydrogens is 1410 g/mol. The number of hydrogen-bond acceptors (Lipinski definition) is 12. The number of fused-ring (bicyclic) bond motifs is 1. The number of carbonyl (C=O) groups excluding carboxylic acids is 12. The standard InChI is InChI=1S/C73H98ClF7N12O12/c1-16-41(3)59-68(103)88(11)44(6)63(98)93-35-32-53(93)67(102)90(13)55(38-46-20-26-48(27-21-46)72(76,77)78)66(101)86(9)40-57(94)82-52(31-25-45-24-30-50(51(74)36-45)73(79,80)81)64(99)89(12)54(37-47-22-28-49(75)29-23-47)62(97)84-71(33-18-19-34-71)70(105)92(15)60(42(4)17-2)69(104)91(14)56(65(100)85(7)8)39-58(95)87(10)43(5)61(96)83-59/h20-24,26-30,36,41-44,52-56,59-60H,16-19,25,31-35,37-40H2,1-15H3,(H,82,94)(H,83,96)(H,84,97)/t41-,42-,43-,44+,52-,53-,54-,55-,56-,59-,60-/m0/s1. The van der Waals surface area contributed by atoms with E-state index in [1.807, 2.05) is 0 Å². The van der Waals surface area contributed by atoms with Crippen LogP contribution in [0.5, 0.6) is 0 Å². The number of carbonyl (C=O) groups is 12. The van der Waals surface area contributed by atoms with E-state index in [2.05, 4.69) is 16.0 Å². The molecule has 11 atom stereocenters. The normalized spacial score (nSPS) is 24.9. The third-order valence-corrected chi connectivity index (χ3v) is 21.4. The minimum atomic E-state index is -4.86. The van der Waals surface area contributed by atoms with Crippen LogP contribution in [0, 0.1) is 17.7 Å². The summed E-state index contributed by atoms with van der Waals surface area (Å²) in [5.41, 5.74) is -3.42. The fourth-order valence-corrected chi connectivity index (χ4v) is 13.7. The first-order chi connectivity index (χ1) is 48.9. The molecule has 3 N–H and O–H groups in total. The SMILES string of the molecule is CC[C@H](C)[C@@H]1NC(=O)[C@H](C)N(C)C(=O)C[C@@H](C(=O)N(C)C)N(C)C(=O)[C@H]([C@@H](C)CC)N(C)C(=O)C2(CCCC2)NC(=O)[C@H](Cc2ccc(F)cc2)N(C)C(=O)[C@H](CCc2ccc(C(F)(F)F)c(Cl)c2)NC(=O)CN(C)C(=O)[C@H](Cc2ccc(C(F)(F)F)cc2)N(C)C(=O)[C@@H]2CCN2C(=O)[C@@H](C)N(C)C1=O. The first-order valence-electron chi connectivity index (χ1n) is 35.0. The number of amides is 12. The van der Waals surface area contributed by atoms with Gasteiger partial charge in [-0.1, -0.05) is 95.3 Å². The molecule has 105 heavy (non-hydrogen) atoms. The number of halogens is 8. The first kappa shape index (κ1) is 85.0. The van der Waals surface area contributed by atoms with Crippen molar-refractivity contribution in [1.82, 2.24) is 60.0 Å². The van der Waals surface area contributed by atoms with Gasteiger partial charge in [0.2, 0.25) is 70.9 Å². The predicted octanol–water partition coefficient (Wildman–Crippen LogP) is 5.98. The Hall–Kier alpha value is -8.90. The molecule has 3 fully saturated rings. The molecule has 578 valence electrons. The highest BCUT2D eigenvalue weighted by atomic mass is 35.5. The van der Waals surface area contributed by atoms with Crippen LogP contribution in [0.2, 0.25) is 5.02 Å². The van der Waals surface area contributed by atoms with Crippen molar-refractivity contribution in [2.45, 2.75) is 191 Å². The number of aryl methyl sites for hydroxylation is 1. The van der Waals surface area contributed by atoms with Gasteiger partial charge in [-0.25, -0.2) is 4.39 Å². The molecule has 0 radical (unpaired) electrons. The van der Waals surface area contributed by atoms with Gasteiger partial charge in [0.25, 0.3) is 0 Å². The van der Waals surface area contributed by atoms with E-state index in [4.69, 9.17) is 11.6 Å². The summed E-state index contributed by atoms with van der Waals surface area (Å²) in [5.74, 6) is -12.0. The van der Waals surface area contributed by atoms with Crippen LogP contribution in [-0.2, 0) is 89.1 Å². The molecule has 1 saturated carbocycles. The van der Waals surface area contributed by atoms with Crippen molar-refractivity contribution in [3.8, 4) is 0 Å². The predicted molar refractivity (Wildman–Crippen MR) is 374 cm³/mol. The molecule has 2 aliphatic heterocycles. The summed E-state index contributed by atoms with van der Waals surface area (Å²) in [7, 11) is 11.7. The number of nitrogens with one attached hydrogen (secondary N) is 3. The minimum Gasteiger partial charge on any atom is -0.347 e. The average molecular weight is 1500 g/mol. The van der Waals surface area contributed by atoms with Crippen LogP contribution >= 0.6 is 11.6 Å². The molecule has 12 amide bonds. The Labute approximate surface area is 612 Å². The van der Waals surface area contributed by atoms with Gasteiger partial charge in [0.1, 0.15) is 65.7 Å². The molecule has 0 unspecified atom stereocenters. The van der Waals surface area contributed by atoms with Crippen LogP contribution in [0.25, 0.3) is 0 Å². The Morgan fingerprint density at radius 1 is 0.619 bits per heavy atom. The first-order valence-corrected chi connectivity index (χ1v) is 35.3. The maximum Gasteiger partial charge on any atom is 0.417 e. The molecule has 2 heterocycles. The smallest absolute Gasteiger partial charge is 0.347 e. The van der Waals surface area contributed by atoms with Gasteiger partial charge in [-0.3, -0.25) is 57.5 Å². The number of benzene rings is 3. The van der Waals surface area contributed by atoms with Crippen molar-refractivity contribution in [3.63, 3.8) is 0 Å². The highest BCUT2D eigenvalue weighted by molar-refractivity contribution is 6.31. The van der Waals surface area contributed by atoms with Crippen LogP contribution in [0.15, 0.2) is 66.7 Å². The molecule has 3 aromatic rings. The van der Waals surface area contributed by atoms with E-state index in [1.165, 1.54) is 92.2 Å². The van der Waals surface area contributed by atoms with Gasteiger partial charge in [-0.05, 0) is 111 Å². The zero-order chi connectivity index (χ0) is 78.8. The molecule has 6 rings (SSSR count). The van der Waals surface area contributed by atoms with E-state index in [1.54, 1.807) is 27.7 Å². The molecule has 3 aliphatic rings. The lowest BCUT2D eigenvalue weighted by molar-refractivity contribution is -0.160. The van der Waals surface area contributed by atoms with Gasteiger partial charge in [0.05, 0.1) is 29.1 Å². The maximum atomic E-state index is 15.6. The highest BCUT2D eigenvalue weighted by Crippen LogP contribution is 2.37. The molecule has 1 spiro atoms. The van der Waals surface area contributed by atoms with Gasteiger partial charge < -0.3 is 60.0 Å². The van der Waals surface area contributed by atoms with Gasteiger partial charge in [-0.15, -0.1) is 0 Å². The zero-order valence-electron chi connectivity index (χ0n) is 62.0. The Kier molecular flexibility index (Phi) is 28.7. The molecule has 0 aromatic heterocycles. The summed E-state index contributed by atoms with van der Waals surface area (Å²) < 4.78 is 98.0. The lowest BCUT2D eigenvalue weighted by Gasteiger charge is -2.45. The minimum absolute atomic E-state index is 0.00494. The summed E-state index contributed by atoms with van der Waals surface area (Å²) in [5, 5.41) is 7.57. The van der Waals surface area contributed by atoms with E-state index < -0.39 is 203 Å². The largest absolute Gasteiger partial charge is 0.417 e. The van der Waals surface area contributed by atoms with Crippen LogP contribution in [-0.4, -0.2) is 251 Å². The molecule has 1 aliphatic carbocycles. The second-order valence-corrected chi connectivity index (χ2v) is 28.7. The van der Waals surface area contributed by atoms with E-state index in [0.717, 1.165) is 95.9 Å². The second-order valence-electron chi connectivity index (χ2n) is 28.3. The number of rotatable bonds is 12. The van der Waals surface area contributed by atoms with Gasteiger partial charge >= 0.3 is 12.4 Å². The molecule has 24 nitrogen and oxygen atoms in total. The Bertz CT molecular complexity index is 3690. The molecule has 2 saturated heterocycles. The average Bonchev–Trinajstić information content (AvgIpc) is 1.77. The Morgan fingerprint density at radius 2 is 1.17 bits per heavy atom. The number of alkyl halides is 6. The number of nitrogens with zero attached hydrogens (tertiary/aromatic N) is 9. The quantitative estimate of drug-likeness (QED) is 0.177.